The van der Waals surface area contributed by atoms with E-state index in [-0.39, 0.29) is 53.4 Å². The maximum atomic E-state index is 14.1. The van der Waals surface area contributed by atoms with Gasteiger partial charge in [0.2, 0.25) is 5.91 Å². The van der Waals surface area contributed by atoms with E-state index in [1.807, 2.05) is 0 Å². The van der Waals surface area contributed by atoms with Gasteiger partial charge in [-0.05, 0) is 42.0 Å². The molecular weight excluding hydrogens is 504 g/mol. The number of benzene rings is 3. The number of ether oxygens (including phenoxy) is 1. The molecular formula is C27H24ClF2N3O4. The summed E-state index contributed by atoms with van der Waals surface area (Å²) in [4.78, 5) is 39.1. The van der Waals surface area contributed by atoms with Crippen LogP contribution in [-0.4, -0.2) is 29.4 Å². The highest BCUT2D eigenvalue weighted by molar-refractivity contribution is 6.34. The van der Waals surface area contributed by atoms with E-state index in [0.29, 0.717) is 17.0 Å². The van der Waals surface area contributed by atoms with Crippen molar-refractivity contribution in [2.45, 2.75) is 26.9 Å². The van der Waals surface area contributed by atoms with E-state index in [9.17, 15) is 23.2 Å². The summed E-state index contributed by atoms with van der Waals surface area (Å²) in [6.45, 7) is 3.48. The van der Waals surface area contributed by atoms with E-state index >= 15 is 0 Å². The molecule has 0 bridgehead atoms. The van der Waals surface area contributed by atoms with E-state index in [1.165, 1.54) is 23.1 Å². The molecule has 1 aliphatic rings. The second kappa shape index (κ2) is 11.0. The summed E-state index contributed by atoms with van der Waals surface area (Å²) >= 11 is 6.24. The molecule has 10 heteroatoms. The van der Waals surface area contributed by atoms with Crippen molar-refractivity contribution < 1.29 is 27.9 Å². The molecule has 0 aliphatic carbocycles. The summed E-state index contributed by atoms with van der Waals surface area (Å²) in [6, 6.07) is 13.2. The molecule has 0 aromatic heterocycles. The minimum absolute atomic E-state index is 0.0176. The summed E-state index contributed by atoms with van der Waals surface area (Å²) in [5.41, 5.74) is 1.38. The fourth-order valence-electron chi connectivity index (χ4n) is 3.72. The second-order valence-corrected chi connectivity index (χ2v) is 9.25. The molecule has 192 valence electrons. The Kier molecular flexibility index (Phi) is 7.73. The van der Waals surface area contributed by atoms with E-state index in [0.717, 1.165) is 6.07 Å². The van der Waals surface area contributed by atoms with Crippen LogP contribution < -0.4 is 15.4 Å². The Labute approximate surface area is 217 Å². The average molecular weight is 528 g/mol. The lowest BCUT2D eigenvalue weighted by atomic mass is 10.1. The molecule has 0 saturated heterocycles. The van der Waals surface area contributed by atoms with Crippen LogP contribution in [0.1, 0.15) is 45.7 Å². The molecule has 0 unspecified atom stereocenters. The minimum Gasteiger partial charge on any atom is -0.472 e. The van der Waals surface area contributed by atoms with Gasteiger partial charge < -0.3 is 20.3 Å². The van der Waals surface area contributed by atoms with Gasteiger partial charge in [0.1, 0.15) is 5.75 Å². The lowest BCUT2D eigenvalue weighted by molar-refractivity contribution is -0.124. The third kappa shape index (κ3) is 5.89. The molecule has 0 fully saturated rings. The Morgan fingerprint density at radius 1 is 1.11 bits per heavy atom. The van der Waals surface area contributed by atoms with Crippen LogP contribution in [0.25, 0.3) is 0 Å². The lowest BCUT2D eigenvalue weighted by Crippen LogP contribution is -2.38. The van der Waals surface area contributed by atoms with Crippen molar-refractivity contribution in [1.29, 1.82) is 0 Å². The molecule has 37 heavy (non-hydrogen) atoms. The SMILES string of the molecule is CC(C)C(=O)NCc1ccc(Cl)c(C(=O)Nc2ccc3c(c2)C(=O)N(Cc2cccc(F)c2F)CO3)c1. The quantitative estimate of drug-likeness (QED) is 0.445. The Bertz CT molecular complexity index is 1380. The van der Waals surface area contributed by atoms with Gasteiger partial charge in [0.25, 0.3) is 11.8 Å². The lowest BCUT2D eigenvalue weighted by Gasteiger charge is -2.29. The third-order valence-corrected chi connectivity index (χ3v) is 6.12. The highest BCUT2D eigenvalue weighted by atomic mass is 35.5. The maximum Gasteiger partial charge on any atom is 0.260 e. The predicted molar refractivity (Wildman–Crippen MR) is 134 cm³/mol. The van der Waals surface area contributed by atoms with Crippen molar-refractivity contribution in [3.05, 3.63) is 93.5 Å². The largest absolute Gasteiger partial charge is 0.472 e. The zero-order valence-corrected chi connectivity index (χ0v) is 20.9. The minimum atomic E-state index is -1.02. The van der Waals surface area contributed by atoms with Crippen LogP contribution in [0.15, 0.2) is 54.6 Å². The van der Waals surface area contributed by atoms with Gasteiger partial charge in [-0.2, -0.15) is 0 Å². The number of carbonyl (C=O) groups excluding carboxylic acids is 3. The Morgan fingerprint density at radius 3 is 2.65 bits per heavy atom. The summed E-state index contributed by atoms with van der Waals surface area (Å²) in [5, 5.41) is 5.72. The summed E-state index contributed by atoms with van der Waals surface area (Å²) in [5.74, 6) is -2.97. The van der Waals surface area contributed by atoms with Crippen molar-refractivity contribution in [1.82, 2.24) is 10.2 Å². The van der Waals surface area contributed by atoms with Gasteiger partial charge >= 0.3 is 0 Å². The highest BCUT2D eigenvalue weighted by Crippen LogP contribution is 2.30. The van der Waals surface area contributed by atoms with E-state index < -0.39 is 23.4 Å². The summed E-state index contributed by atoms with van der Waals surface area (Å²) in [6.07, 6.45) is 0. The number of halogens is 3. The van der Waals surface area contributed by atoms with E-state index in [2.05, 4.69) is 10.6 Å². The summed E-state index contributed by atoms with van der Waals surface area (Å²) < 4.78 is 33.3. The molecule has 3 aromatic carbocycles. The van der Waals surface area contributed by atoms with Gasteiger partial charge in [-0.3, -0.25) is 14.4 Å². The standard InChI is InChI=1S/C27H24ClF2N3O4/c1-15(2)25(34)31-12-16-6-8-21(28)19(10-16)26(35)32-18-7-9-23-20(11-18)27(36)33(14-37-23)13-17-4-3-5-22(29)24(17)30/h3-11,15H,12-14H2,1-2H3,(H,31,34)(H,32,35). The molecule has 7 nitrogen and oxygen atoms in total. The molecule has 3 amide bonds. The molecule has 3 aromatic rings. The first-order valence-corrected chi connectivity index (χ1v) is 11.9. The topological polar surface area (TPSA) is 87.7 Å². The zero-order chi connectivity index (χ0) is 26.7. The number of rotatable bonds is 7. The number of nitrogens with zero attached hydrogens (tertiary/aromatic N) is 1. The Morgan fingerprint density at radius 2 is 1.89 bits per heavy atom. The molecule has 1 aliphatic heterocycles. The molecule has 0 radical (unpaired) electrons. The van der Waals surface area contributed by atoms with Gasteiger partial charge in [0.05, 0.1) is 22.7 Å². The molecule has 4 rings (SSSR count). The molecule has 0 atom stereocenters. The van der Waals surface area contributed by atoms with Crippen molar-refractivity contribution in [2.24, 2.45) is 5.92 Å². The molecule has 0 saturated carbocycles. The number of hydrogen-bond acceptors (Lipinski definition) is 4. The fraction of sp³-hybridized carbons (Fsp3) is 0.222. The van der Waals surface area contributed by atoms with E-state index in [1.54, 1.807) is 44.2 Å². The van der Waals surface area contributed by atoms with Crippen LogP contribution in [0.2, 0.25) is 5.02 Å². The van der Waals surface area contributed by atoms with Crippen LogP contribution in [0, 0.1) is 17.6 Å². The van der Waals surface area contributed by atoms with Gasteiger partial charge in [0, 0.05) is 23.7 Å². The first kappa shape index (κ1) is 26.1. The predicted octanol–water partition coefficient (Wildman–Crippen LogP) is 5.14. The second-order valence-electron chi connectivity index (χ2n) is 8.84. The van der Waals surface area contributed by atoms with Crippen molar-refractivity contribution in [2.75, 3.05) is 12.0 Å². The van der Waals surface area contributed by atoms with E-state index in [4.69, 9.17) is 16.3 Å². The van der Waals surface area contributed by atoms with Crippen LogP contribution in [0.4, 0.5) is 14.5 Å². The van der Waals surface area contributed by atoms with Crippen molar-refractivity contribution >= 4 is 35.0 Å². The first-order chi connectivity index (χ1) is 17.6. The number of nitrogens with one attached hydrogen (secondary N) is 2. The molecule has 2 N–H and O–H groups in total. The van der Waals surface area contributed by atoms with Crippen LogP contribution in [0.5, 0.6) is 5.75 Å². The van der Waals surface area contributed by atoms with Crippen molar-refractivity contribution in [3.63, 3.8) is 0 Å². The fourth-order valence-corrected chi connectivity index (χ4v) is 3.92. The average Bonchev–Trinajstić information content (AvgIpc) is 2.87. The van der Waals surface area contributed by atoms with Crippen molar-refractivity contribution in [3.8, 4) is 5.75 Å². The zero-order valence-electron chi connectivity index (χ0n) is 20.1. The van der Waals surface area contributed by atoms with Crippen LogP contribution >= 0.6 is 11.6 Å². The molecule has 0 spiro atoms. The first-order valence-electron chi connectivity index (χ1n) is 11.5. The third-order valence-electron chi connectivity index (χ3n) is 5.79. The Hall–Kier alpha value is -3.98. The smallest absolute Gasteiger partial charge is 0.260 e. The highest BCUT2D eigenvalue weighted by Gasteiger charge is 2.27. The van der Waals surface area contributed by atoms with Gasteiger partial charge in [-0.1, -0.05) is 43.6 Å². The number of fused-ring (bicyclic) bond motifs is 1. The van der Waals surface area contributed by atoms with Gasteiger partial charge in [-0.25, -0.2) is 8.78 Å². The van der Waals surface area contributed by atoms with Gasteiger partial charge in [-0.15, -0.1) is 0 Å². The normalized spacial score (nSPS) is 12.7. The monoisotopic (exact) mass is 527 g/mol. The maximum absolute atomic E-state index is 14.1. The van der Waals surface area contributed by atoms with Crippen LogP contribution in [0.3, 0.4) is 0 Å². The Balaban J connectivity index is 1.49. The van der Waals surface area contributed by atoms with Crippen LogP contribution in [-0.2, 0) is 17.9 Å². The number of amides is 3. The number of carbonyl (C=O) groups is 3. The van der Waals surface area contributed by atoms with Gasteiger partial charge in [0.15, 0.2) is 18.4 Å². The summed E-state index contributed by atoms with van der Waals surface area (Å²) in [7, 11) is 0. The number of anilines is 1. The number of hydrogen-bond donors (Lipinski definition) is 2. The molecule has 1 heterocycles.